The van der Waals surface area contributed by atoms with E-state index in [0.717, 1.165) is 101 Å². The van der Waals surface area contributed by atoms with Gasteiger partial charge in [-0.25, -0.2) is 4.98 Å². The molecule has 0 saturated carbocycles. The summed E-state index contributed by atoms with van der Waals surface area (Å²) in [6, 6.07) is 96.9. The number of rotatable bonds is 11. The van der Waals surface area contributed by atoms with Crippen molar-refractivity contribution < 1.29 is 4.74 Å². The van der Waals surface area contributed by atoms with Crippen LogP contribution < -0.4 is 14.5 Å². The molecule has 86 heavy (non-hydrogen) atoms. The highest BCUT2D eigenvalue weighted by Gasteiger charge is 2.32. The molecule has 0 spiro atoms. The van der Waals surface area contributed by atoms with Crippen molar-refractivity contribution in [2.24, 2.45) is 0 Å². The number of nitrogens with zero attached hydrogens (tertiary/aromatic N) is 4. The fourth-order valence-electron chi connectivity index (χ4n) is 12.6. The maximum absolute atomic E-state index is 7.35. The van der Waals surface area contributed by atoms with Gasteiger partial charge in [0.2, 0.25) is 0 Å². The van der Waals surface area contributed by atoms with Gasteiger partial charge in [0.15, 0.2) is 0 Å². The Bertz CT molecular complexity index is 4650. The molecule has 0 bridgehead atoms. The van der Waals surface area contributed by atoms with Gasteiger partial charge in [0.25, 0.3) is 0 Å². The SMILES string of the molecule is Cc1cc(-n2c3ccc(-c4ccccc4)cc3c3cc(-c4ccccc4)c(Oc4cccc(N5CN(c6c(-c7ccc(C(C)(C)C)cc7)cccc6-c6cccc(-c7ccccc7)c6)c6ccccc65)c4)cc32)ncc1-c1ccc(C(C)(C)C)cc1. The molecule has 0 atom stereocenters. The van der Waals surface area contributed by atoms with E-state index in [4.69, 9.17) is 9.72 Å². The summed E-state index contributed by atoms with van der Waals surface area (Å²) in [5, 5.41) is 2.26. The number of aromatic nitrogens is 2. The number of hydrogen-bond acceptors (Lipinski definition) is 4. The molecule has 1 aliphatic heterocycles. The Balaban J connectivity index is 0.885. The number of anilines is 4. The summed E-state index contributed by atoms with van der Waals surface area (Å²) in [4.78, 5) is 10.2. The lowest BCUT2D eigenvalue weighted by Gasteiger charge is -2.28. The third-order valence-electron chi connectivity index (χ3n) is 17.2. The molecular formula is C81H68N4O. The molecular weight excluding hydrogens is 1040 g/mol. The predicted molar refractivity (Wildman–Crippen MR) is 362 cm³/mol. The van der Waals surface area contributed by atoms with Crippen LogP contribution in [0.1, 0.15) is 58.2 Å². The number of hydrogen-bond donors (Lipinski definition) is 0. The number of ether oxygens (including phenoxy) is 1. The first kappa shape index (κ1) is 53.8. The summed E-state index contributed by atoms with van der Waals surface area (Å²) in [5.74, 6) is 2.33. The quantitative estimate of drug-likeness (QED) is 0.129. The molecule has 14 rings (SSSR count). The standard InChI is InChI=1S/C81H68N4O/c1-54-46-78(82-52-72(54)59-38-43-64(44-39-59)81(5,6)7)85-73-45-40-61(56-24-13-9-14-25-56)48-70(73)71-50-69(57-26-15-10-16-27-57)77(51-76(71)85)86-66-31-20-30-65(49-66)83-53-84(75-35-18-17-34-74(75)83)79-67(58-36-41-63(42-37-58)80(2,3)4)32-21-33-68(79)62-29-19-28-60(47-62)55-22-11-8-12-23-55/h8-52H,53H2,1-7H3. The molecule has 0 amide bonds. The second-order valence-corrected chi connectivity index (χ2v) is 24.9. The van der Waals surface area contributed by atoms with Crippen LogP contribution in [0.3, 0.4) is 0 Å². The summed E-state index contributed by atoms with van der Waals surface area (Å²) in [6.07, 6.45) is 2.04. The van der Waals surface area contributed by atoms with E-state index >= 15 is 0 Å². The number of aryl methyl sites for hydroxylation is 1. The average Bonchev–Trinajstić information content (AvgIpc) is 1.96. The fourth-order valence-corrected chi connectivity index (χ4v) is 12.6. The third kappa shape index (κ3) is 10.1. The number of para-hydroxylation sites is 3. The van der Waals surface area contributed by atoms with Crippen LogP contribution in [0.15, 0.2) is 273 Å². The zero-order valence-electron chi connectivity index (χ0n) is 49.9. The number of fused-ring (bicyclic) bond motifs is 4. The van der Waals surface area contributed by atoms with Gasteiger partial charge in [-0.2, -0.15) is 0 Å². The molecule has 5 nitrogen and oxygen atoms in total. The average molecular weight is 1110 g/mol. The summed E-state index contributed by atoms with van der Waals surface area (Å²) >= 11 is 0. The Morgan fingerprint density at radius 1 is 0.372 bits per heavy atom. The van der Waals surface area contributed by atoms with Crippen molar-refractivity contribution in [3.05, 3.63) is 290 Å². The molecule has 418 valence electrons. The second kappa shape index (κ2) is 21.8. The largest absolute Gasteiger partial charge is 0.457 e. The van der Waals surface area contributed by atoms with E-state index in [9.17, 15) is 0 Å². The summed E-state index contributed by atoms with van der Waals surface area (Å²) in [7, 11) is 0. The lowest BCUT2D eigenvalue weighted by Crippen LogP contribution is -2.25. The number of benzene rings is 11. The minimum Gasteiger partial charge on any atom is -0.457 e. The van der Waals surface area contributed by atoms with Crippen molar-refractivity contribution in [2.45, 2.75) is 59.3 Å². The number of pyridine rings is 1. The molecule has 3 heterocycles. The summed E-state index contributed by atoms with van der Waals surface area (Å²) in [6.45, 7) is 16.4. The van der Waals surface area contributed by atoms with Crippen molar-refractivity contribution in [1.82, 2.24) is 9.55 Å². The van der Waals surface area contributed by atoms with Gasteiger partial charge in [0.05, 0.1) is 28.1 Å². The van der Waals surface area contributed by atoms with E-state index < -0.39 is 0 Å². The maximum atomic E-state index is 7.35. The van der Waals surface area contributed by atoms with E-state index in [-0.39, 0.29) is 10.8 Å². The molecule has 5 heteroatoms. The Morgan fingerprint density at radius 2 is 0.872 bits per heavy atom. The predicted octanol–water partition coefficient (Wildman–Crippen LogP) is 22.1. The molecule has 0 N–H and O–H groups in total. The molecule has 0 radical (unpaired) electrons. The van der Waals surface area contributed by atoms with Gasteiger partial charge in [-0.3, -0.25) is 4.57 Å². The van der Waals surface area contributed by atoms with Crippen LogP contribution in [0.5, 0.6) is 11.5 Å². The lowest BCUT2D eigenvalue weighted by molar-refractivity contribution is 0.485. The van der Waals surface area contributed by atoms with Crippen molar-refractivity contribution >= 4 is 44.6 Å². The zero-order valence-corrected chi connectivity index (χ0v) is 49.9. The highest BCUT2D eigenvalue weighted by atomic mass is 16.5. The molecule has 11 aromatic carbocycles. The Hall–Kier alpha value is -10.2. The molecule has 13 aromatic rings. The zero-order chi connectivity index (χ0) is 58.7. The van der Waals surface area contributed by atoms with Crippen LogP contribution in [0, 0.1) is 6.92 Å². The smallest absolute Gasteiger partial charge is 0.137 e. The van der Waals surface area contributed by atoms with Gasteiger partial charge >= 0.3 is 0 Å². The molecule has 1 aliphatic rings. The normalized spacial score (nSPS) is 12.5. The highest BCUT2D eigenvalue weighted by molar-refractivity contribution is 6.12. The fraction of sp³-hybridized carbons (Fsp3) is 0.123. The van der Waals surface area contributed by atoms with E-state index in [0.29, 0.717) is 6.67 Å². The van der Waals surface area contributed by atoms with Crippen LogP contribution in [0.2, 0.25) is 0 Å². The summed E-state index contributed by atoms with van der Waals surface area (Å²) in [5.41, 5.74) is 24.1. The topological polar surface area (TPSA) is 33.5 Å². The minimum absolute atomic E-state index is 0.0287. The molecule has 0 saturated heterocycles. The van der Waals surface area contributed by atoms with Crippen LogP contribution in [-0.4, -0.2) is 16.2 Å². The van der Waals surface area contributed by atoms with Crippen LogP contribution >= 0.6 is 0 Å². The van der Waals surface area contributed by atoms with Gasteiger partial charge in [-0.1, -0.05) is 242 Å². The van der Waals surface area contributed by atoms with E-state index in [1.54, 1.807) is 0 Å². The van der Waals surface area contributed by atoms with Gasteiger partial charge in [-0.15, -0.1) is 0 Å². The lowest BCUT2D eigenvalue weighted by atomic mass is 9.85. The van der Waals surface area contributed by atoms with Crippen LogP contribution in [-0.2, 0) is 10.8 Å². The maximum Gasteiger partial charge on any atom is 0.137 e. The first-order valence-electron chi connectivity index (χ1n) is 29.9. The summed E-state index contributed by atoms with van der Waals surface area (Å²) < 4.78 is 9.66. The first-order valence-corrected chi connectivity index (χ1v) is 29.9. The van der Waals surface area contributed by atoms with Gasteiger partial charge < -0.3 is 14.5 Å². The first-order chi connectivity index (χ1) is 41.8. The Labute approximate surface area is 505 Å². The molecule has 2 aromatic heterocycles. The highest BCUT2D eigenvalue weighted by Crippen LogP contribution is 2.51. The van der Waals surface area contributed by atoms with E-state index in [1.165, 1.54) is 44.5 Å². The minimum atomic E-state index is 0.0287. The van der Waals surface area contributed by atoms with Crippen molar-refractivity contribution in [3.8, 4) is 84.1 Å². The molecule has 0 fully saturated rings. The van der Waals surface area contributed by atoms with Gasteiger partial charge in [0.1, 0.15) is 24.0 Å². The monoisotopic (exact) mass is 1110 g/mol. The Morgan fingerprint density at radius 3 is 1.50 bits per heavy atom. The second-order valence-electron chi connectivity index (χ2n) is 24.9. The van der Waals surface area contributed by atoms with Crippen LogP contribution in [0.4, 0.5) is 22.7 Å². The van der Waals surface area contributed by atoms with E-state index in [1.807, 2.05) is 6.20 Å². The van der Waals surface area contributed by atoms with Crippen LogP contribution in [0.25, 0.3) is 94.4 Å². The van der Waals surface area contributed by atoms with Crippen molar-refractivity contribution in [2.75, 3.05) is 16.5 Å². The van der Waals surface area contributed by atoms with Gasteiger partial charge in [0, 0.05) is 57.0 Å². The molecule has 0 aliphatic carbocycles. The molecule has 0 unspecified atom stereocenters. The van der Waals surface area contributed by atoms with Crippen molar-refractivity contribution in [3.63, 3.8) is 0 Å². The third-order valence-corrected chi connectivity index (χ3v) is 17.2. The van der Waals surface area contributed by atoms with Gasteiger partial charge in [-0.05, 0) is 134 Å². The van der Waals surface area contributed by atoms with Crippen molar-refractivity contribution in [1.29, 1.82) is 0 Å². The van der Waals surface area contributed by atoms with E-state index in [2.05, 4.69) is 330 Å². The Kier molecular flexibility index (Phi) is 13.6.